The summed E-state index contributed by atoms with van der Waals surface area (Å²) in [5, 5.41) is 7.99. The predicted octanol–water partition coefficient (Wildman–Crippen LogP) is 2.32. The monoisotopic (exact) mass is 303 g/mol. The summed E-state index contributed by atoms with van der Waals surface area (Å²) in [6.45, 7) is 2.01. The van der Waals surface area contributed by atoms with Crippen LogP contribution < -0.4 is 0 Å². The number of nitrogens with zero attached hydrogens (tertiary/aromatic N) is 3. The van der Waals surface area contributed by atoms with Gasteiger partial charge in [-0.2, -0.15) is 0 Å². The lowest BCUT2D eigenvalue weighted by atomic mass is 10.4. The van der Waals surface area contributed by atoms with Crippen molar-refractivity contribution in [2.24, 2.45) is 0 Å². The molecule has 16 heavy (non-hydrogen) atoms. The van der Waals surface area contributed by atoms with Gasteiger partial charge in [-0.25, -0.2) is 4.79 Å². The highest BCUT2D eigenvalue weighted by Gasteiger charge is 2.17. The van der Waals surface area contributed by atoms with Gasteiger partial charge in [-0.15, -0.1) is 10.2 Å². The molecule has 0 saturated heterocycles. The summed E-state index contributed by atoms with van der Waals surface area (Å²) in [7, 11) is 0. The Morgan fingerprint density at radius 2 is 2.38 bits per heavy atom. The molecular formula is C9H7BrClN3O2. The van der Waals surface area contributed by atoms with Crippen LogP contribution in [0.5, 0.6) is 0 Å². The standard InChI is InChI=1S/C9H7BrClN3O2/c1-2-16-9(15)8-13-12-7-6(11)3-5(10)4-14(7)8/h3-4H,2H2,1H3. The van der Waals surface area contributed by atoms with Crippen molar-refractivity contribution in [2.75, 3.05) is 6.61 Å². The molecule has 0 atom stereocenters. The Kier molecular flexibility index (Phi) is 3.11. The minimum absolute atomic E-state index is 0.111. The van der Waals surface area contributed by atoms with Crippen molar-refractivity contribution < 1.29 is 9.53 Å². The van der Waals surface area contributed by atoms with Gasteiger partial charge in [0.25, 0.3) is 0 Å². The van der Waals surface area contributed by atoms with Gasteiger partial charge in [0.05, 0.1) is 11.6 Å². The van der Waals surface area contributed by atoms with Gasteiger partial charge < -0.3 is 4.74 Å². The second-order valence-electron chi connectivity index (χ2n) is 2.94. The van der Waals surface area contributed by atoms with E-state index in [4.69, 9.17) is 16.3 Å². The number of carbonyl (C=O) groups excluding carboxylic acids is 1. The van der Waals surface area contributed by atoms with E-state index in [-0.39, 0.29) is 12.4 Å². The van der Waals surface area contributed by atoms with Crippen LogP contribution in [0.4, 0.5) is 0 Å². The quantitative estimate of drug-likeness (QED) is 0.799. The van der Waals surface area contributed by atoms with Crippen LogP contribution in [0.15, 0.2) is 16.7 Å². The third-order valence-electron chi connectivity index (χ3n) is 1.88. The Hall–Kier alpha value is -1.14. The maximum atomic E-state index is 11.5. The molecule has 0 aliphatic heterocycles. The lowest BCUT2D eigenvalue weighted by molar-refractivity contribution is 0.0510. The van der Waals surface area contributed by atoms with E-state index in [1.54, 1.807) is 19.2 Å². The summed E-state index contributed by atoms with van der Waals surface area (Å²) in [6.07, 6.45) is 1.66. The van der Waals surface area contributed by atoms with E-state index in [0.29, 0.717) is 10.7 Å². The molecule has 0 aliphatic rings. The number of pyridine rings is 1. The average molecular weight is 305 g/mol. The van der Waals surface area contributed by atoms with Crippen LogP contribution >= 0.6 is 27.5 Å². The molecule has 0 amide bonds. The molecule has 0 aliphatic carbocycles. The van der Waals surface area contributed by atoms with Gasteiger partial charge in [0.1, 0.15) is 0 Å². The fourth-order valence-corrected chi connectivity index (χ4v) is 2.07. The van der Waals surface area contributed by atoms with Crippen molar-refractivity contribution in [3.8, 4) is 0 Å². The Bertz CT molecular complexity index is 555. The topological polar surface area (TPSA) is 56.5 Å². The second kappa shape index (κ2) is 4.39. The molecule has 0 radical (unpaired) electrons. The van der Waals surface area contributed by atoms with Gasteiger partial charge >= 0.3 is 5.97 Å². The van der Waals surface area contributed by atoms with E-state index in [1.807, 2.05) is 0 Å². The molecule has 0 aromatic carbocycles. The Labute approximate surface area is 104 Å². The molecule has 5 nitrogen and oxygen atoms in total. The van der Waals surface area contributed by atoms with Crippen LogP contribution in [0.1, 0.15) is 17.5 Å². The first-order valence-corrected chi connectivity index (χ1v) is 5.67. The van der Waals surface area contributed by atoms with Crippen molar-refractivity contribution in [3.05, 3.63) is 27.6 Å². The largest absolute Gasteiger partial charge is 0.460 e. The first-order valence-electron chi connectivity index (χ1n) is 4.50. The van der Waals surface area contributed by atoms with Crippen molar-refractivity contribution in [2.45, 2.75) is 6.92 Å². The zero-order valence-corrected chi connectivity index (χ0v) is 10.6. The SMILES string of the molecule is CCOC(=O)c1nnc2c(Cl)cc(Br)cn12. The third-order valence-corrected chi connectivity index (χ3v) is 2.60. The smallest absolute Gasteiger partial charge is 0.376 e. The predicted molar refractivity (Wildman–Crippen MR) is 61.7 cm³/mol. The lowest BCUT2D eigenvalue weighted by Gasteiger charge is -2.01. The van der Waals surface area contributed by atoms with Gasteiger partial charge in [-0.05, 0) is 28.9 Å². The van der Waals surface area contributed by atoms with Crippen LogP contribution in [-0.2, 0) is 4.74 Å². The summed E-state index contributed by atoms with van der Waals surface area (Å²) in [6, 6.07) is 1.68. The minimum Gasteiger partial charge on any atom is -0.460 e. The van der Waals surface area contributed by atoms with Crippen molar-refractivity contribution in [1.29, 1.82) is 0 Å². The Morgan fingerprint density at radius 1 is 1.62 bits per heavy atom. The van der Waals surface area contributed by atoms with Gasteiger partial charge in [0.2, 0.25) is 5.82 Å². The summed E-state index contributed by atoms with van der Waals surface area (Å²) in [4.78, 5) is 11.5. The molecule has 2 rings (SSSR count). The van der Waals surface area contributed by atoms with Crippen LogP contribution in [0, 0.1) is 0 Å². The van der Waals surface area contributed by atoms with Crippen molar-refractivity contribution >= 4 is 39.1 Å². The highest BCUT2D eigenvalue weighted by molar-refractivity contribution is 9.10. The maximum Gasteiger partial charge on any atom is 0.376 e. The number of carbonyl (C=O) groups is 1. The highest BCUT2D eigenvalue weighted by atomic mass is 79.9. The van der Waals surface area contributed by atoms with E-state index in [9.17, 15) is 4.79 Å². The second-order valence-corrected chi connectivity index (χ2v) is 4.27. The van der Waals surface area contributed by atoms with Gasteiger partial charge in [-0.1, -0.05) is 11.6 Å². The molecule has 2 aromatic heterocycles. The molecule has 0 N–H and O–H groups in total. The average Bonchev–Trinajstić information content (AvgIpc) is 2.61. The normalized spacial score (nSPS) is 10.7. The van der Waals surface area contributed by atoms with Crippen molar-refractivity contribution in [3.63, 3.8) is 0 Å². The molecule has 0 bridgehead atoms. The Balaban J connectivity index is 2.60. The number of fused-ring (bicyclic) bond motifs is 1. The minimum atomic E-state index is -0.524. The first kappa shape index (κ1) is 11.3. The molecule has 0 fully saturated rings. The lowest BCUT2D eigenvalue weighted by Crippen LogP contribution is -2.09. The molecule has 0 spiro atoms. The van der Waals surface area contributed by atoms with E-state index in [1.165, 1.54) is 4.40 Å². The molecule has 0 unspecified atom stereocenters. The van der Waals surface area contributed by atoms with Crippen LogP contribution in [0.2, 0.25) is 5.02 Å². The fraction of sp³-hybridized carbons (Fsp3) is 0.222. The maximum absolute atomic E-state index is 11.5. The molecule has 2 aromatic rings. The summed E-state index contributed by atoms with van der Waals surface area (Å²) >= 11 is 9.23. The number of hydrogen-bond acceptors (Lipinski definition) is 4. The molecule has 2 heterocycles. The summed E-state index contributed by atoms with van der Waals surface area (Å²) in [5.41, 5.74) is 0.424. The molecular weight excluding hydrogens is 297 g/mol. The first-order chi connectivity index (χ1) is 7.63. The summed E-state index contributed by atoms with van der Waals surface area (Å²) < 4.78 is 7.08. The van der Waals surface area contributed by atoms with Gasteiger partial charge in [0.15, 0.2) is 5.65 Å². The van der Waals surface area contributed by atoms with Gasteiger partial charge in [-0.3, -0.25) is 4.40 Å². The van der Waals surface area contributed by atoms with E-state index >= 15 is 0 Å². The Morgan fingerprint density at radius 3 is 3.06 bits per heavy atom. The van der Waals surface area contributed by atoms with Crippen LogP contribution in [0.25, 0.3) is 5.65 Å². The summed E-state index contributed by atoms with van der Waals surface area (Å²) in [5.74, 6) is -0.413. The zero-order chi connectivity index (χ0) is 11.7. The van der Waals surface area contributed by atoms with Gasteiger partial charge in [0, 0.05) is 10.7 Å². The molecule has 84 valence electrons. The number of rotatable bonds is 2. The van der Waals surface area contributed by atoms with Crippen molar-refractivity contribution in [1.82, 2.24) is 14.6 Å². The van der Waals surface area contributed by atoms with E-state index in [2.05, 4.69) is 26.1 Å². The number of esters is 1. The number of hydrogen-bond donors (Lipinski definition) is 0. The van der Waals surface area contributed by atoms with Crippen LogP contribution in [-0.4, -0.2) is 27.2 Å². The van der Waals surface area contributed by atoms with E-state index in [0.717, 1.165) is 4.47 Å². The number of ether oxygens (including phenoxy) is 1. The fourth-order valence-electron chi connectivity index (χ4n) is 1.26. The number of halogens is 2. The highest BCUT2D eigenvalue weighted by Crippen LogP contribution is 2.21. The van der Waals surface area contributed by atoms with E-state index < -0.39 is 5.97 Å². The molecule has 0 saturated carbocycles. The molecule has 7 heteroatoms. The zero-order valence-electron chi connectivity index (χ0n) is 8.28. The van der Waals surface area contributed by atoms with Crippen LogP contribution in [0.3, 0.4) is 0 Å². The number of aromatic nitrogens is 3. The third kappa shape index (κ3) is 1.90.